The van der Waals surface area contributed by atoms with Gasteiger partial charge in [0.25, 0.3) is 11.8 Å². The molecule has 1 aliphatic rings. The van der Waals surface area contributed by atoms with Gasteiger partial charge in [-0.05, 0) is 60.4 Å². The lowest BCUT2D eigenvalue weighted by atomic mass is 9.72. The number of hydrogen-bond acceptors (Lipinski definition) is 4. The minimum Gasteiger partial charge on any atom is -0.467 e. The Kier molecular flexibility index (Phi) is 6.45. The lowest BCUT2D eigenvalue weighted by molar-refractivity contribution is 0.0947. The summed E-state index contributed by atoms with van der Waals surface area (Å²) in [7, 11) is 0. The van der Waals surface area contributed by atoms with Crippen molar-refractivity contribution < 1.29 is 14.0 Å². The molecule has 0 bridgehead atoms. The van der Waals surface area contributed by atoms with Crippen LogP contribution in [0.4, 0.5) is 5.00 Å². The first-order valence-corrected chi connectivity index (χ1v) is 11.9. The first kappa shape index (κ1) is 22.6. The van der Waals surface area contributed by atoms with E-state index >= 15 is 0 Å². The first-order valence-electron chi connectivity index (χ1n) is 10.7. The summed E-state index contributed by atoms with van der Waals surface area (Å²) in [4.78, 5) is 27.4. The van der Waals surface area contributed by atoms with Gasteiger partial charge in [0.2, 0.25) is 0 Å². The fourth-order valence-corrected chi connectivity index (χ4v) is 5.68. The van der Waals surface area contributed by atoms with Gasteiger partial charge in [-0.2, -0.15) is 0 Å². The third kappa shape index (κ3) is 4.76. The summed E-state index contributed by atoms with van der Waals surface area (Å²) in [5.74, 6) is 0.681. The molecule has 7 heteroatoms. The number of amides is 2. The normalized spacial score (nSPS) is 15.8. The lowest BCUT2D eigenvalue weighted by Crippen LogP contribution is -2.28. The van der Waals surface area contributed by atoms with Crippen LogP contribution in [-0.4, -0.2) is 11.8 Å². The van der Waals surface area contributed by atoms with Crippen LogP contribution in [0.3, 0.4) is 0 Å². The topological polar surface area (TPSA) is 71.3 Å². The SMILES string of the molecule is CC(C)(C)C1CCc2c(sc(NC(=O)c3ccccc3Cl)c2C(=O)NCc2ccco2)C1. The molecule has 0 fully saturated rings. The van der Waals surface area contributed by atoms with Gasteiger partial charge < -0.3 is 15.1 Å². The van der Waals surface area contributed by atoms with Crippen molar-refractivity contribution in [3.05, 3.63) is 75.0 Å². The zero-order valence-electron chi connectivity index (χ0n) is 18.5. The van der Waals surface area contributed by atoms with Crippen molar-refractivity contribution in [2.75, 3.05) is 5.32 Å². The standard InChI is InChI=1S/C25H27ClN2O3S/c1-25(2,3)15-10-11-18-20(13-15)32-24(28-22(29)17-8-4-5-9-19(17)26)21(18)23(30)27-14-16-7-6-12-31-16/h4-9,12,15H,10-11,13-14H2,1-3H3,(H,27,30)(H,28,29). The molecule has 0 radical (unpaired) electrons. The molecule has 0 saturated heterocycles. The number of halogens is 1. The molecule has 2 heterocycles. The number of nitrogens with one attached hydrogen (secondary N) is 2. The Morgan fingerprint density at radius 2 is 1.94 bits per heavy atom. The highest BCUT2D eigenvalue weighted by Crippen LogP contribution is 2.44. The molecule has 3 aromatic rings. The quantitative estimate of drug-likeness (QED) is 0.457. The van der Waals surface area contributed by atoms with Gasteiger partial charge in [0.15, 0.2) is 0 Å². The van der Waals surface area contributed by atoms with Crippen LogP contribution in [0.2, 0.25) is 5.02 Å². The first-order chi connectivity index (χ1) is 15.2. The molecule has 1 aromatic carbocycles. The third-order valence-corrected chi connectivity index (χ3v) is 7.57. The zero-order chi connectivity index (χ0) is 22.9. The molecule has 1 atom stereocenters. The Morgan fingerprint density at radius 1 is 1.16 bits per heavy atom. The van der Waals surface area contributed by atoms with Crippen molar-refractivity contribution in [2.24, 2.45) is 11.3 Å². The molecular formula is C25H27ClN2O3S. The highest BCUT2D eigenvalue weighted by atomic mass is 35.5. The fraction of sp³-hybridized carbons (Fsp3) is 0.360. The minimum atomic E-state index is -0.318. The van der Waals surface area contributed by atoms with Crippen molar-refractivity contribution >= 4 is 39.8 Å². The maximum atomic E-state index is 13.2. The summed E-state index contributed by atoms with van der Waals surface area (Å²) < 4.78 is 5.33. The number of carbonyl (C=O) groups excluding carboxylic acids is 2. The molecule has 1 unspecified atom stereocenters. The van der Waals surface area contributed by atoms with Gasteiger partial charge in [0.05, 0.1) is 29.0 Å². The van der Waals surface area contributed by atoms with E-state index in [0.717, 1.165) is 24.8 Å². The van der Waals surface area contributed by atoms with E-state index < -0.39 is 0 Å². The largest absolute Gasteiger partial charge is 0.467 e. The molecule has 0 aliphatic heterocycles. The van der Waals surface area contributed by atoms with E-state index in [1.165, 1.54) is 16.2 Å². The number of anilines is 1. The Bertz CT molecular complexity index is 1130. The number of benzene rings is 1. The molecule has 2 amide bonds. The number of rotatable bonds is 5. The molecule has 2 N–H and O–H groups in total. The summed E-state index contributed by atoms with van der Waals surface area (Å²) in [6.07, 6.45) is 4.32. The summed E-state index contributed by atoms with van der Waals surface area (Å²) in [5, 5.41) is 6.86. The highest BCUT2D eigenvalue weighted by molar-refractivity contribution is 7.17. The van der Waals surface area contributed by atoms with E-state index in [-0.39, 0.29) is 17.2 Å². The van der Waals surface area contributed by atoms with E-state index in [1.807, 2.05) is 6.07 Å². The summed E-state index contributed by atoms with van der Waals surface area (Å²) >= 11 is 7.72. The predicted molar refractivity (Wildman–Crippen MR) is 129 cm³/mol. The summed E-state index contributed by atoms with van der Waals surface area (Å²) in [5.41, 5.74) is 2.17. The van der Waals surface area contributed by atoms with E-state index in [2.05, 4.69) is 31.4 Å². The smallest absolute Gasteiger partial charge is 0.257 e. The second kappa shape index (κ2) is 9.12. The van der Waals surface area contributed by atoms with Crippen LogP contribution < -0.4 is 10.6 Å². The van der Waals surface area contributed by atoms with E-state index in [4.69, 9.17) is 16.0 Å². The summed E-state index contributed by atoms with van der Waals surface area (Å²) in [6, 6.07) is 10.5. The van der Waals surface area contributed by atoms with Crippen LogP contribution in [0, 0.1) is 11.3 Å². The monoisotopic (exact) mass is 470 g/mol. The second-order valence-electron chi connectivity index (χ2n) is 9.21. The number of carbonyl (C=O) groups is 2. The number of hydrogen-bond donors (Lipinski definition) is 2. The van der Waals surface area contributed by atoms with Crippen molar-refractivity contribution in [1.82, 2.24) is 5.32 Å². The minimum absolute atomic E-state index is 0.185. The van der Waals surface area contributed by atoms with Crippen LogP contribution in [0.15, 0.2) is 47.1 Å². The van der Waals surface area contributed by atoms with Crippen molar-refractivity contribution in [1.29, 1.82) is 0 Å². The van der Waals surface area contributed by atoms with Gasteiger partial charge in [0, 0.05) is 4.88 Å². The predicted octanol–water partition coefficient (Wildman–Crippen LogP) is 6.33. The molecule has 1 aliphatic carbocycles. The van der Waals surface area contributed by atoms with Crippen molar-refractivity contribution in [2.45, 2.75) is 46.6 Å². The molecule has 5 nitrogen and oxygen atoms in total. The number of thiophene rings is 1. The second-order valence-corrected chi connectivity index (χ2v) is 10.7. The summed E-state index contributed by atoms with van der Waals surface area (Å²) in [6.45, 7) is 7.06. The molecular weight excluding hydrogens is 444 g/mol. The molecule has 32 heavy (non-hydrogen) atoms. The van der Waals surface area contributed by atoms with Gasteiger partial charge in [-0.25, -0.2) is 0 Å². The highest BCUT2D eigenvalue weighted by Gasteiger charge is 2.34. The average Bonchev–Trinajstić information content (AvgIpc) is 3.38. The zero-order valence-corrected chi connectivity index (χ0v) is 20.0. The molecule has 0 saturated carbocycles. The Labute approximate surface area is 197 Å². The lowest BCUT2D eigenvalue weighted by Gasteiger charge is -2.33. The van der Waals surface area contributed by atoms with Crippen LogP contribution in [0.1, 0.15) is 64.1 Å². The third-order valence-electron chi connectivity index (χ3n) is 6.07. The van der Waals surface area contributed by atoms with Gasteiger partial charge in [-0.1, -0.05) is 44.5 Å². The van der Waals surface area contributed by atoms with E-state index in [9.17, 15) is 9.59 Å². The fourth-order valence-electron chi connectivity index (χ4n) is 4.14. The van der Waals surface area contributed by atoms with Gasteiger partial charge in [-0.15, -0.1) is 11.3 Å². The number of fused-ring (bicyclic) bond motifs is 1. The van der Waals surface area contributed by atoms with Gasteiger partial charge in [-0.3, -0.25) is 9.59 Å². The van der Waals surface area contributed by atoms with Crippen molar-refractivity contribution in [3.8, 4) is 0 Å². The molecule has 168 valence electrons. The number of furan rings is 1. The molecule has 2 aromatic heterocycles. The van der Waals surface area contributed by atoms with Crippen LogP contribution >= 0.6 is 22.9 Å². The van der Waals surface area contributed by atoms with Crippen LogP contribution in [0.5, 0.6) is 0 Å². The average molecular weight is 471 g/mol. The van der Waals surface area contributed by atoms with Gasteiger partial charge >= 0.3 is 0 Å². The maximum absolute atomic E-state index is 13.2. The molecule has 0 spiro atoms. The van der Waals surface area contributed by atoms with E-state index in [0.29, 0.717) is 39.4 Å². The van der Waals surface area contributed by atoms with E-state index in [1.54, 1.807) is 36.6 Å². The van der Waals surface area contributed by atoms with Crippen LogP contribution in [0.25, 0.3) is 0 Å². The van der Waals surface area contributed by atoms with Gasteiger partial charge in [0.1, 0.15) is 10.8 Å². The maximum Gasteiger partial charge on any atom is 0.257 e. The Balaban J connectivity index is 1.65. The van der Waals surface area contributed by atoms with Crippen LogP contribution in [-0.2, 0) is 19.4 Å². The molecule has 4 rings (SSSR count). The van der Waals surface area contributed by atoms with Crippen molar-refractivity contribution in [3.63, 3.8) is 0 Å². The Morgan fingerprint density at radius 3 is 2.62 bits per heavy atom. The Hall–Kier alpha value is -2.57.